The van der Waals surface area contributed by atoms with E-state index in [1.807, 2.05) is 48.6 Å². The Morgan fingerprint density at radius 1 is 1.03 bits per heavy atom. The second kappa shape index (κ2) is 7.16. The van der Waals surface area contributed by atoms with Gasteiger partial charge >= 0.3 is 0 Å². The van der Waals surface area contributed by atoms with Gasteiger partial charge in [-0.15, -0.1) is 5.10 Å². The van der Waals surface area contributed by atoms with E-state index in [4.69, 9.17) is 0 Å². The summed E-state index contributed by atoms with van der Waals surface area (Å²) >= 11 is 0. The van der Waals surface area contributed by atoms with Crippen LogP contribution >= 0.6 is 0 Å². The van der Waals surface area contributed by atoms with Gasteiger partial charge in [-0.1, -0.05) is 24.3 Å². The third kappa shape index (κ3) is 3.31. The lowest BCUT2D eigenvalue weighted by Gasteiger charge is -2.11. The molecule has 2 aromatic carbocycles. The smallest absolute Gasteiger partial charge is 0.255 e. The van der Waals surface area contributed by atoms with Crippen LogP contribution in [0, 0.1) is 0 Å². The van der Waals surface area contributed by atoms with Crippen molar-refractivity contribution in [3.8, 4) is 0 Å². The third-order valence-electron chi connectivity index (χ3n) is 4.69. The standard InChI is InChI=1S/C21H17N7O/c29-21(23-15-6-2-1-3-7-15)14-10-12-16(13-11-14)22-19-20-25-26-27-28(20)18-9-5-4-8-17(18)24-19/h2,4-13H,1,3H2,(H,22,24)(H,23,29). The van der Waals surface area contributed by atoms with Crippen molar-refractivity contribution in [2.24, 2.45) is 0 Å². The number of rotatable bonds is 4. The molecule has 0 saturated carbocycles. The molecule has 0 fully saturated rings. The molecule has 1 aliphatic carbocycles. The van der Waals surface area contributed by atoms with E-state index >= 15 is 0 Å². The van der Waals surface area contributed by atoms with Gasteiger partial charge in [-0.25, -0.2) is 4.98 Å². The number of para-hydroxylation sites is 2. The number of nitrogens with one attached hydrogen (secondary N) is 2. The minimum atomic E-state index is -0.137. The molecule has 1 amide bonds. The molecule has 8 nitrogen and oxygen atoms in total. The van der Waals surface area contributed by atoms with Crippen LogP contribution in [-0.2, 0) is 0 Å². The van der Waals surface area contributed by atoms with E-state index in [9.17, 15) is 4.79 Å². The van der Waals surface area contributed by atoms with Crippen molar-refractivity contribution in [2.45, 2.75) is 12.8 Å². The first-order chi connectivity index (χ1) is 14.3. The first kappa shape index (κ1) is 17.1. The van der Waals surface area contributed by atoms with Gasteiger partial charge in [-0.05, 0) is 65.7 Å². The largest absolute Gasteiger partial charge is 0.337 e. The summed E-state index contributed by atoms with van der Waals surface area (Å²) in [6.07, 6.45) is 7.97. The molecule has 1 aliphatic rings. The molecule has 29 heavy (non-hydrogen) atoms. The zero-order valence-corrected chi connectivity index (χ0v) is 15.4. The van der Waals surface area contributed by atoms with Crippen LogP contribution in [-0.4, -0.2) is 30.9 Å². The number of nitrogens with zero attached hydrogens (tertiary/aromatic N) is 5. The van der Waals surface area contributed by atoms with Gasteiger partial charge in [0.15, 0.2) is 5.82 Å². The van der Waals surface area contributed by atoms with Gasteiger partial charge in [0.1, 0.15) is 0 Å². The van der Waals surface area contributed by atoms with Crippen molar-refractivity contribution in [3.05, 3.63) is 78.0 Å². The molecule has 2 aromatic heterocycles. The molecular formula is C21H17N7O. The number of benzene rings is 2. The van der Waals surface area contributed by atoms with Crippen LogP contribution in [0.5, 0.6) is 0 Å². The highest BCUT2D eigenvalue weighted by atomic mass is 16.1. The highest BCUT2D eigenvalue weighted by Gasteiger charge is 2.12. The van der Waals surface area contributed by atoms with E-state index in [2.05, 4.69) is 37.2 Å². The zero-order chi connectivity index (χ0) is 19.6. The van der Waals surface area contributed by atoms with E-state index in [1.54, 1.807) is 16.6 Å². The fourth-order valence-electron chi connectivity index (χ4n) is 3.24. The Hall–Kier alpha value is -4.07. The highest BCUT2D eigenvalue weighted by Crippen LogP contribution is 2.22. The van der Waals surface area contributed by atoms with Crippen molar-refractivity contribution in [1.82, 2.24) is 30.3 Å². The number of hydrogen-bond acceptors (Lipinski definition) is 6. The van der Waals surface area contributed by atoms with E-state index in [0.717, 1.165) is 35.3 Å². The summed E-state index contributed by atoms with van der Waals surface area (Å²) in [4.78, 5) is 17.1. The van der Waals surface area contributed by atoms with Gasteiger partial charge in [0.05, 0.1) is 11.0 Å². The van der Waals surface area contributed by atoms with Gasteiger partial charge < -0.3 is 10.6 Å². The topological polar surface area (TPSA) is 97.1 Å². The number of amides is 1. The average molecular weight is 383 g/mol. The van der Waals surface area contributed by atoms with Crippen molar-refractivity contribution < 1.29 is 4.79 Å². The number of tetrazole rings is 1. The Morgan fingerprint density at radius 3 is 2.72 bits per heavy atom. The molecule has 0 spiro atoms. The molecule has 5 rings (SSSR count). The Labute approximate surface area is 166 Å². The second-order valence-electron chi connectivity index (χ2n) is 6.66. The maximum atomic E-state index is 12.4. The van der Waals surface area contributed by atoms with Crippen LogP contribution in [0.1, 0.15) is 23.2 Å². The van der Waals surface area contributed by atoms with Gasteiger partial charge in [-0.3, -0.25) is 4.79 Å². The lowest BCUT2D eigenvalue weighted by atomic mass is 10.1. The molecule has 8 heteroatoms. The summed E-state index contributed by atoms with van der Waals surface area (Å²) < 4.78 is 1.65. The molecule has 2 N–H and O–H groups in total. The SMILES string of the molecule is O=C(NC1=CCCC=C1)c1ccc(Nc2nc3ccccc3n3nnnc23)cc1. The molecule has 0 radical (unpaired) electrons. The number of fused-ring (bicyclic) bond motifs is 3. The molecule has 0 bridgehead atoms. The molecule has 142 valence electrons. The normalized spacial score (nSPS) is 13.4. The predicted molar refractivity (Wildman–Crippen MR) is 110 cm³/mol. The first-order valence-electron chi connectivity index (χ1n) is 9.30. The van der Waals surface area contributed by atoms with E-state index in [0.29, 0.717) is 17.0 Å². The molecular weight excluding hydrogens is 366 g/mol. The monoisotopic (exact) mass is 383 g/mol. The van der Waals surface area contributed by atoms with Crippen LogP contribution in [0.15, 0.2) is 72.5 Å². The number of hydrogen-bond donors (Lipinski definition) is 2. The summed E-state index contributed by atoms with van der Waals surface area (Å²) in [5.74, 6) is 0.408. The van der Waals surface area contributed by atoms with Gasteiger partial charge in [-0.2, -0.15) is 4.52 Å². The molecule has 0 saturated heterocycles. The molecule has 0 unspecified atom stereocenters. The first-order valence-corrected chi connectivity index (χ1v) is 9.30. The molecule has 0 atom stereocenters. The van der Waals surface area contributed by atoms with Crippen LogP contribution in [0.25, 0.3) is 16.7 Å². The van der Waals surface area contributed by atoms with Crippen LogP contribution < -0.4 is 10.6 Å². The highest BCUT2D eigenvalue weighted by molar-refractivity contribution is 5.96. The number of aromatic nitrogens is 5. The maximum Gasteiger partial charge on any atom is 0.255 e. The van der Waals surface area contributed by atoms with Crippen LogP contribution in [0.3, 0.4) is 0 Å². The summed E-state index contributed by atoms with van der Waals surface area (Å²) in [5, 5.41) is 18.1. The quantitative estimate of drug-likeness (QED) is 0.561. The van der Waals surface area contributed by atoms with Gasteiger partial charge in [0.2, 0.25) is 5.65 Å². The maximum absolute atomic E-state index is 12.4. The minimum Gasteiger partial charge on any atom is -0.337 e. The van der Waals surface area contributed by atoms with E-state index < -0.39 is 0 Å². The summed E-state index contributed by atoms with van der Waals surface area (Å²) in [7, 11) is 0. The molecule has 0 aliphatic heterocycles. The van der Waals surface area contributed by atoms with E-state index in [-0.39, 0.29) is 5.91 Å². The summed E-state index contributed by atoms with van der Waals surface area (Å²) in [5.41, 5.74) is 4.34. The zero-order valence-electron chi connectivity index (χ0n) is 15.4. The predicted octanol–water partition coefficient (Wildman–Crippen LogP) is 3.38. The fourth-order valence-corrected chi connectivity index (χ4v) is 3.24. The van der Waals surface area contributed by atoms with Crippen LogP contribution in [0.2, 0.25) is 0 Å². The van der Waals surface area contributed by atoms with Gasteiger partial charge in [0.25, 0.3) is 5.91 Å². The van der Waals surface area contributed by atoms with Crippen molar-refractivity contribution in [3.63, 3.8) is 0 Å². The van der Waals surface area contributed by atoms with Crippen molar-refractivity contribution >= 4 is 34.1 Å². The Morgan fingerprint density at radius 2 is 1.90 bits per heavy atom. The third-order valence-corrected chi connectivity index (χ3v) is 4.69. The molecule has 4 aromatic rings. The lowest BCUT2D eigenvalue weighted by Crippen LogP contribution is -2.22. The number of allylic oxidation sites excluding steroid dienone is 3. The Kier molecular flexibility index (Phi) is 4.21. The minimum absolute atomic E-state index is 0.137. The Bertz CT molecular complexity index is 1270. The van der Waals surface area contributed by atoms with Gasteiger partial charge in [0, 0.05) is 16.9 Å². The number of anilines is 2. The van der Waals surface area contributed by atoms with Crippen molar-refractivity contribution in [2.75, 3.05) is 5.32 Å². The van der Waals surface area contributed by atoms with Crippen LogP contribution in [0.4, 0.5) is 11.5 Å². The Balaban J connectivity index is 1.39. The summed E-state index contributed by atoms with van der Waals surface area (Å²) in [6.45, 7) is 0. The van der Waals surface area contributed by atoms with Crippen molar-refractivity contribution in [1.29, 1.82) is 0 Å². The number of carbonyl (C=O) groups is 1. The average Bonchev–Trinajstić information content (AvgIpc) is 3.26. The lowest BCUT2D eigenvalue weighted by molar-refractivity contribution is 0.0967. The fraction of sp³-hybridized carbons (Fsp3) is 0.0952. The van der Waals surface area contributed by atoms with E-state index in [1.165, 1.54) is 0 Å². The number of carbonyl (C=O) groups excluding carboxylic acids is 1. The second-order valence-corrected chi connectivity index (χ2v) is 6.66. The molecule has 2 heterocycles. The summed E-state index contributed by atoms with van der Waals surface area (Å²) in [6, 6.07) is 14.9.